The number of para-hydroxylation sites is 1. The minimum Gasteiger partial charge on any atom is -0.361 e. The van der Waals surface area contributed by atoms with E-state index in [2.05, 4.69) is 32.0 Å². The number of carbonyl (C=O) groups excluding carboxylic acids is 1. The zero-order valence-corrected chi connectivity index (χ0v) is 15.7. The Hall–Kier alpha value is -2.60. The second kappa shape index (κ2) is 8.19. The number of aromatic nitrogens is 3. The normalized spacial score (nSPS) is 11.4. The van der Waals surface area contributed by atoms with Gasteiger partial charge < -0.3 is 19.8 Å². The third-order valence-corrected chi connectivity index (χ3v) is 4.73. The lowest BCUT2D eigenvalue weighted by Gasteiger charge is -2.24. The number of nitrogens with zero attached hydrogens (tertiary/aromatic N) is 3. The molecule has 2 aromatic heterocycles. The molecule has 0 saturated carbocycles. The molecule has 1 aromatic carbocycles. The molecule has 6 heteroatoms. The van der Waals surface area contributed by atoms with E-state index in [0.29, 0.717) is 19.5 Å². The van der Waals surface area contributed by atoms with Gasteiger partial charge in [-0.25, -0.2) is 4.98 Å². The molecule has 6 nitrogen and oxygen atoms in total. The molecule has 3 aromatic rings. The number of aryl methyl sites for hydroxylation is 2. The van der Waals surface area contributed by atoms with E-state index in [4.69, 9.17) is 0 Å². The molecular formula is C20H27N5O. The highest BCUT2D eigenvalue weighted by molar-refractivity contribution is 5.84. The summed E-state index contributed by atoms with van der Waals surface area (Å²) in [6.07, 6.45) is 4.94. The van der Waals surface area contributed by atoms with Crippen molar-refractivity contribution < 1.29 is 4.79 Å². The van der Waals surface area contributed by atoms with Crippen molar-refractivity contribution in [3.63, 3.8) is 0 Å². The third-order valence-electron chi connectivity index (χ3n) is 4.73. The molecule has 0 radical (unpaired) electrons. The lowest BCUT2D eigenvalue weighted by atomic mass is 10.1. The topological polar surface area (TPSA) is 68.0 Å². The number of fused-ring (bicyclic) bond motifs is 1. The summed E-state index contributed by atoms with van der Waals surface area (Å²) < 4.78 is 0. The molecule has 0 aliphatic heterocycles. The Morgan fingerprint density at radius 3 is 2.69 bits per heavy atom. The van der Waals surface area contributed by atoms with Gasteiger partial charge in [-0.05, 0) is 39.1 Å². The van der Waals surface area contributed by atoms with Gasteiger partial charge in [-0.1, -0.05) is 18.2 Å². The number of aromatic amines is 2. The predicted molar refractivity (Wildman–Crippen MR) is 104 cm³/mol. The summed E-state index contributed by atoms with van der Waals surface area (Å²) in [4.78, 5) is 27.6. The Labute approximate surface area is 154 Å². The summed E-state index contributed by atoms with van der Waals surface area (Å²) in [6, 6.07) is 8.21. The van der Waals surface area contributed by atoms with Crippen molar-refractivity contribution in [2.24, 2.45) is 0 Å². The van der Waals surface area contributed by atoms with Crippen LogP contribution < -0.4 is 0 Å². The number of carbonyl (C=O) groups is 1. The average molecular weight is 353 g/mol. The Morgan fingerprint density at radius 1 is 1.15 bits per heavy atom. The maximum atomic E-state index is 12.9. The molecule has 0 unspecified atom stereocenters. The van der Waals surface area contributed by atoms with E-state index in [-0.39, 0.29) is 5.91 Å². The molecule has 138 valence electrons. The van der Waals surface area contributed by atoms with Crippen LogP contribution in [0, 0.1) is 6.92 Å². The van der Waals surface area contributed by atoms with Crippen LogP contribution >= 0.6 is 0 Å². The summed E-state index contributed by atoms with van der Waals surface area (Å²) in [6.45, 7) is 4.08. The van der Waals surface area contributed by atoms with Gasteiger partial charge in [0.25, 0.3) is 0 Å². The van der Waals surface area contributed by atoms with Crippen molar-refractivity contribution in [2.75, 3.05) is 27.2 Å². The zero-order valence-electron chi connectivity index (χ0n) is 15.7. The first kappa shape index (κ1) is 18.2. The fourth-order valence-electron chi connectivity index (χ4n) is 3.08. The summed E-state index contributed by atoms with van der Waals surface area (Å²) in [5, 5.41) is 1.20. The molecule has 2 N–H and O–H groups in total. The first-order valence-electron chi connectivity index (χ1n) is 9.01. The Morgan fingerprint density at radius 2 is 1.96 bits per heavy atom. The molecule has 0 saturated heterocycles. The Bertz CT molecular complexity index is 864. The van der Waals surface area contributed by atoms with Crippen LogP contribution in [0.5, 0.6) is 0 Å². The van der Waals surface area contributed by atoms with E-state index in [1.165, 1.54) is 10.9 Å². The fraction of sp³-hybridized carbons (Fsp3) is 0.400. The summed E-state index contributed by atoms with van der Waals surface area (Å²) >= 11 is 0. The molecule has 2 heterocycles. The van der Waals surface area contributed by atoms with Crippen molar-refractivity contribution in [2.45, 2.75) is 26.3 Å². The van der Waals surface area contributed by atoms with Crippen molar-refractivity contribution in [1.82, 2.24) is 24.8 Å². The highest BCUT2D eigenvalue weighted by Crippen LogP contribution is 2.19. The van der Waals surface area contributed by atoms with Crippen LogP contribution in [0.2, 0.25) is 0 Å². The maximum Gasteiger partial charge on any atom is 0.223 e. The van der Waals surface area contributed by atoms with Crippen molar-refractivity contribution in [3.8, 4) is 0 Å². The average Bonchev–Trinajstić information content (AvgIpc) is 3.22. The maximum absolute atomic E-state index is 12.9. The van der Waals surface area contributed by atoms with Gasteiger partial charge in [-0.2, -0.15) is 0 Å². The van der Waals surface area contributed by atoms with Crippen LogP contribution in [-0.4, -0.2) is 57.8 Å². The van der Waals surface area contributed by atoms with Crippen LogP contribution in [0.1, 0.15) is 23.4 Å². The van der Waals surface area contributed by atoms with E-state index in [1.807, 2.05) is 44.2 Å². The van der Waals surface area contributed by atoms with E-state index in [1.54, 1.807) is 6.33 Å². The minimum atomic E-state index is 0.166. The van der Waals surface area contributed by atoms with E-state index >= 15 is 0 Å². The number of likely N-dealkylation sites (N-methyl/N-ethyl adjacent to an activating group) is 1. The molecule has 3 rings (SSSR count). The predicted octanol–water partition coefficient (Wildman–Crippen LogP) is 2.72. The standard InChI is InChI=1S/C20H27N5O/c1-15-19(23-14-22-15)13-25(11-10-24(2)3)20(26)9-8-16-12-21-18-7-5-4-6-17(16)18/h4-7,12,14,21H,8-11,13H2,1-3H3,(H,22,23). The second-order valence-electron chi connectivity index (χ2n) is 6.95. The number of amides is 1. The number of nitrogens with one attached hydrogen (secondary N) is 2. The lowest BCUT2D eigenvalue weighted by Crippen LogP contribution is -2.36. The largest absolute Gasteiger partial charge is 0.361 e. The number of hydrogen-bond donors (Lipinski definition) is 2. The number of rotatable bonds is 8. The molecule has 0 atom stereocenters. The number of benzene rings is 1. The molecule has 0 spiro atoms. The quantitative estimate of drug-likeness (QED) is 0.654. The van der Waals surface area contributed by atoms with E-state index in [0.717, 1.165) is 29.9 Å². The second-order valence-corrected chi connectivity index (χ2v) is 6.95. The smallest absolute Gasteiger partial charge is 0.223 e. The fourth-order valence-corrected chi connectivity index (χ4v) is 3.08. The van der Waals surface area contributed by atoms with Crippen molar-refractivity contribution >= 4 is 16.8 Å². The molecule has 0 aliphatic carbocycles. The minimum absolute atomic E-state index is 0.166. The summed E-state index contributed by atoms with van der Waals surface area (Å²) in [7, 11) is 4.04. The van der Waals surface area contributed by atoms with Gasteiger partial charge in [-0.15, -0.1) is 0 Å². The molecule has 0 aliphatic rings. The van der Waals surface area contributed by atoms with Gasteiger partial charge in [0, 0.05) is 42.3 Å². The van der Waals surface area contributed by atoms with Crippen LogP contribution in [0.25, 0.3) is 10.9 Å². The Kier molecular flexibility index (Phi) is 5.73. The van der Waals surface area contributed by atoms with Crippen LogP contribution in [0.3, 0.4) is 0 Å². The molecule has 1 amide bonds. The van der Waals surface area contributed by atoms with Gasteiger partial charge in [0.1, 0.15) is 0 Å². The summed E-state index contributed by atoms with van der Waals surface area (Å²) in [5.74, 6) is 0.166. The van der Waals surface area contributed by atoms with Gasteiger partial charge in [-0.3, -0.25) is 4.79 Å². The van der Waals surface area contributed by atoms with Crippen LogP contribution in [0.15, 0.2) is 36.8 Å². The van der Waals surface area contributed by atoms with Gasteiger partial charge in [0.05, 0.1) is 18.6 Å². The SMILES string of the molecule is Cc1[nH]cnc1CN(CCN(C)C)C(=O)CCc1c[nH]c2ccccc12. The van der Waals surface area contributed by atoms with Gasteiger partial charge in [0.2, 0.25) is 5.91 Å². The lowest BCUT2D eigenvalue weighted by molar-refractivity contribution is -0.132. The van der Waals surface area contributed by atoms with Crippen LogP contribution in [-0.2, 0) is 17.8 Å². The molecule has 0 fully saturated rings. The molecule has 0 bridgehead atoms. The van der Waals surface area contributed by atoms with E-state index in [9.17, 15) is 4.79 Å². The molecule has 26 heavy (non-hydrogen) atoms. The van der Waals surface area contributed by atoms with Crippen LogP contribution in [0.4, 0.5) is 0 Å². The number of imidazole rings is 1. The highest BCUT2D eigenvalue weighted by Gasteiger charge is 2.17. The Balaban J connectivity index is 1.67. The monoisotopic (exact) mass is 353 g/mol. The number of hydrogen-bond acceptors (Lipinski definition) is 3. The van der Waals surface area contributed by atoms with Crippen molar-refractivity contribution in [3.05, 3.63) is 53.7 Å². The van der Waals surface area contributed by atoms with Gasteiger partial charge >= 0.3 is 0 Å². The molecular weight excluding hydrogens is 326 g/mol. The van der Waals surface area contributed by atoms with Crippen molar-refractivity contribution in [1.29, 1.82) is 0 Å². The first-order valence-corrected chi connectivity index (χ1v) is 9.01. The third kappa shape index (κ3) is 4.32. The summed E-state index contributed by atoms with van der Waals surface area (Å²) in [5.41, 5.74) is 4.26. The highest BCUT2D eigenvalue weighted by atomic mass is 16.2. The zero-order chi connectivity index (χ0) is 18.5. The first-order chi connectivity index (χ1) is 12.5. The number of H-pyrrole nitrogens is 2. The van der Waals surface area contributed by atoms with Gasteiger partial charge in [0.15, 0.2) is 0 Å². The van der Waals surface area contributed by atoms with E-state index < -0.39 is 0 Å².